The third-order valence-corrected chi connectivity index (χ3v) is 3.78. The lowest BCUT2D eigenvalue weighted by Crippen LogP contribution is -1.96. The van der Waals surface area contributed by atoms with Crippen LogP contribution in [0.5, 0.6) is 11.6 Å². The van der Waals surface area contributed by atoms with E-state index in [2.05, 4.69) is 11.1 Å². The van der Waals surface area contributed by atoms with Crippen molar-refractivity contribution in [3.05, 3.63) is 45.4 Å². The summed E-state index contributed by atoms with van der Waals surface area (Å²) in [6.45, 7) is 0. The molecule has 0 spiro atoms. The van der Waals surface area contributed by atoms with Crippen LogP contribution in [0, 0.1) is 0 Å². The van der Waals surface area contributed by atoms with Gasteiger partial charge in [-0.2, -0.15) is 4.98 Å². The molecule has 0 saturated carbocycles. The predicted octanol–water partition coefficient (Wildman–Crippen LogP) is 4.25. The van der Waals surface area contributed by atoms with Crippen LogP contribution in [0.3, 0.4) is 0 Å². The van der Waals surface area contributed by atoms with Crippen molar-refractivity contribution in [1.29, 1.82) is 0 Å². The zero-order chi connectivity index (χ0) is 13.4. The largest absolute Gasteiger partial charge is 0.437 e. The minimum Gasteiger partial charge on any atom is -0.437 e. The number of nitrogen functional groups attached to an aromatic ring is 1. The van der Waals surface area contributed by atoms with Crippen LogP contribution in [-0.4, -0.2) is 4.98 Å². The molecule has 2 aromatic rings. The molecule has 5 heteroatoms. The lowest BCUT2D eigenvalue weighted by atomic mass is 10.1. The minimum absolute atomic E-state index is 0.210. The molecule has 3 rings (SSSR count). The average Bonchev–Trinajstić information content (AvgIpc) is 2.83. The van der Waals surface area contributed by atoms with E-state index in [0.717, 1.165) is 18.6 Å². The number of hydrogen-bond donors (Lipinski definition) is 1. The number of halogens is 2. The summed E-state index contributed by atoms with van der Waals surface area (Å²) in [5, 5.41) is 0.672. The van der Waals surface area contributed by atoms with Crippen molar-refractivity contribution in [3.8, 4) is 11.6 Å². The minimum atomic E-state index is 0.210. The van der Waals surface area contributed by atoms with Crippen LogP contribution in [0.2, 0.25) is 10.0 Å². The molecule has 0 saturated heterocycles. The molecule has 0 atom stereocenters. The predicted molar refractivity (Wildman–Crippen MR) is 77.2 cm³/mol. The van der Waals surface area contributed by atoms with Gasteiger partial charge in [0.1, 0.15) is 16.6 Å². The molecular weight excluding hydrogens is 283 g/mol. The van der Waals surface area contributed by atoms with Gasteiger partial charge in [-0.25, -0.2) is 0 Å². The van der Waals surface area contributed by atoms with E-state index in [4.69, 9.17) is 33.7 Å². The van der Waals surface area contributed by atoms with Crippen LogP contribution in [-0.2, 0) is 12.8 Å². The van der Waals surface area contributed by atoms with Crippen LogP contribution >= 0.6 is 23.2 Å². The van der Waals surface area contributed by atoms with Crippen LogP contribution in [0.1, 0.15) is 17.5 Å². The second-order valence-electron chi connectivity index (χ2n) is 4.53. The Morgan fingerprint density at radius 1 is 1.05 bits per heavy atom. The first-order chi connectivity index (χ1) is 9.13. The van der Waals surface area contributed by atoms with Crippen LogP contribution in [0.4, 0.5) is 5.82 Å². The Bertz CT molecular complexity index is 644. The van der Waals surface area contributed by atoms with Gasteiger partial charge >= 0.3 is 0 Å². The number of aryl methyl sites for hydroxylation is 2. The van der Waals surface area contributed by atoms with E-state index in [0.29, 0.717) is 10.0 Å². The number of rotatable bonds is 2. The Hall–Kier alpha value is -1.45. The van der Waals surface area contributed by atoms with Crippen molar-refractivity contribution in [3.63, 3.8) is 0 Å². The smallest absolute Gasteiger partial charge is 0.240 e. The quantitative estimate of drug-likeness (QED) is 0.901. The first kappa shape index (κ1) is 12.6. The van der Waals surface area contributed by atoms with Gasteiger partial charge in [0.2, 0.25) is 5.88 Å². The van der Waals surface area contributed by atoms with Gasteiger partial charge < -0.3 is 10.5 Å². The van der Waals surface area contributed by atoms with E-state index in [1.165, 1.54) is 23.6 Å². The van der Waals surface area contributed by atoms with E-state index in [9.17, 15) is 0 Å². The highest BCUT2D eigenvalue weighted by Gasteiger charge is 2.13. The molecule has 1 aromatic carbocycles. The lowest BCUT2D eigenvalue weighted by molar-refractivity contribution is 0.463. The number of nitrogens with two attached hydrogens (primary N) is 1. The molecular formula is C14H12Cl2N2O. The number of ether oxygens (including phenoxy) is 1. The van der Waals surface area contributed by atoms with E-state index in [1.54, 1.807) is 0 Å². The van der Waals surface area contributed by atoms with Crippen molar-refractivity contribution >= 4 is 29.0 Å². The Morgan fingerprint density at radius 3 is 2.68 bits per heavy atom. The Kier molecular flexibility index (Phi) is 3.25. The first-order valence-electron chi connectivity index (χ1n) is 6.04. The Labute approximate surface area is 121 Å². The van der Waals surface area contributed by atoms with E-state index in [1.807, 2.05) is 12.1 Å². The number of fused-ring (bicyclic) bond motifs is 1. The molecule has 2 N–H and O–H groups in total. The maximum absolute atomic E-state index is 6.04. The molecule has 1 aromatic heterocycles. The van der Waals surface area contributed by atoms with Crippen molar-refractivity contribution in [2.45, 2.75) is 19.3 Å². The van der Waals surface area contributed by atoms with Crippen molar-refractivity contribution in [2.75, 3.05) is 5.73 Å². The fraction of sp³-hybridized carbons (Fsp3) is 0.214. The topological polar surface area (TPSA) is 48.1 Å². The van der Waals surface area contributed by atoms with E-state index >= 15 is 0 Å². The molecule has 0 radical (unpaired) electrons. The second-order valence-corrected chi connectivity index (χ2v) is 5.34. The molecule has 19 heavy (non-hydrogen) atoms. The van der Waals surface area contributed by atoms with Gasteiger partial charge in [0.25, 0.3) is 0 Å². The monoisotopic (exact) mass is 294 g/mol. The zero-order valence-electron chi connectivity index (χ0n) is 10.1. The van der Waals surface area contributed by atoms with Gasteiger partial charge in [-0.3, -0.25) is 0 Å². The highest BCUT2D eigenvalue weighted by molar-refractivity contribution is 6.36. The number of benzene rings is 1. The lowest BCUT2D eigenvalue weighted by Gasteiger charge is -2.09. The number of hydrogen-bond acceptors (Lipinski definition) is 3. The van der Waals surface area contributed by atoms with Gasteiger partial charge in [-0.05, 0) is 48.6 Å². The van der Waals surface area contributed by atoms with E-state index < -0.39 is 0 Å². The van der Waals surface area contributed by atoms with Gasteiger partial charge in [0.05, 0.1) is 5.02 Å². The maximum atomic E-state index is 6.04. The highest BCUT2D eigenvalue weighted by Crippen LogP contribution is 2.34. The molecule has 3 nitrogen and oxygen atoms in total. The summed E-state index contributed by atoms with van der Waals surface area (Å²) in [4.78, 5) is 4.05. The van der Waals surface area contributed by atoms with Crippen LogP contribution in [0.15, 0.2) is 24.3 Å². The number of pyridine rings is 1. The second kappa shape index (κ2) is 4.91. The summed E-state index contributed by atoms with van der Waals surface area (Å²) in [6, 6.07) is 7.58. The standard InChI is InChI=1S/C14H12Cl2N2O/c15-11-7-12(16)14(18-13(11)17)19-10-5-4-8-2-1-3-9(8)6-10/h4-7H,1-3H2,(H2,17,18). The molecule has 0 aliphatic heterocycles. The number of aromatic nitrogens is 1. The number of anilines is 1. The summed E-state index contributed by atoms with van der Waals surface area (Å²) in [5.41, 5.74) is 8.37. The van der Waals surface area contributed by atoms with Crippen molar-refractivity contribution in [2.24, 2.45) is 0 Å². The third kappa shape index (κ3) is 2.48. The Morgan fingerprint density at radius 2 is 1.84 bits per heavy atom. The fourth-order valence-electron chi connectivity index (χ4n) is 2.26. The molecule has 1 aliphatic rings. The summed E-state index contributed by atoms with van der Waals surface area (Å²) in [7, 11) is 0. The average molecular weight is 295 g/mol. The maximum Gasteiger partial charge on any atom is 0.240 e. The summed E-state index contributed by atoms with van der Waals surface area (Å²) >= 11 is 11.9. The SMILES string of the molecule is Nc1nc(Oc2ccc3c(c2)CCC3)c(Cl)cc1Cl. The third-order valence-electron chi connectivity index (χ3n) is 3.21. The Balaban J connectivity index is 1.91. The van der Waals surface area contributed by atoms with Crippen LogP contribution in [0.25, 0.3) is 0 Å². The van der Waals surface area contributed by atoms with Gasteiger partial charge in [0, 0.05) is 0 Å². The van der Waals surface area contributed by atoms with E-state index in [-0.39, 0.29) is 11.7 Å². The van der Waals surface area contributed by atoms with Crippen molar-refractivity contribution in [1.82, 2.24) is 4.98 Å². The van der Waals surface area contributed by atoms with Gasteiger partial charge in [0.15, 0.2) is 0 Å². The molecule has 0 fully saturated rings. The summed E-state index contributed by atoms with van der Waals surface area (Å²) < 4.78 is 5.69. The van der Waals surface area contributed by atoms with Crippen LogP contribution < -0.4 is 10.5 Å². The molecule has 1 aliphatic carbocycles. The summed E-state index contributed by atoms with van der Waals surface area (Å²) in [6.07, 6.45) is 3.44. The highest BCUT2D eigenvalue weighted by atomic mass is 35.5. The fourth-order valence-corrected chi connectivity index (χ4v) is 2.66. The number of nitrogens with zero attached hydrogens (tertiary/aromatic N) is 1. The molecule has 1 heterocycles. The summed E-state index contributed by atoms with van der Waals surface area (Å²) in [5.74, 6) is 1.21. The molecule has 98 valence electrons. The normalized spacial score (nSPS) is 13.4. The molecule has 0 amide bonds. The molecule has 0 bridgehead atoms. The zero-order valence-corrected chi connectivity index (χ0v) is 11.6. The first-order valence-corrected chi connectivity index (χ1v) is 6.80. The van der Waals surface area contributed by atoms with Gasteiger partial charge in [-0.1, -0.05) is 29.3 Å². The van der Waals surface area contributed by atoms with Crippen molar-refractivity contribution < 1.29 is 4.74 Å². The van der Waals surface area contributed by atoms with Gasteiger partial charge in [-0.15, -0.1) is 0 Å². The molecule has 0 unspecified atom stereocenters.